The highest BCUT2D eigenvalue weighted by molar-refractivity contribution is 6.31. The van der Waals surface area contributed by atoms with E-state index in [-0.39, 0.29) is 11.7 Å². The Balaban J connectivity index is 1.49. The van der Waals surface area contributed by atoms with Crippen LogP contribution in [0.3, 0.4) is 0 Å². The quantitative estimate of drug-likeness (QED) is 0.818. The molecule has 2 aliphatic heterocycles. The van der Waals surface area contributed by atoms with Crippen LogP contribution in [-0.4, -0.2) is 66.4 Å². The Hall–Kier alpha value is -1.17. The maximum Gasteiger partial charge on any atom is 0.225 e. The Morgan fingerprint density at radius 3 is 2.40 bits per heavy atom. The van der Waals surface area contributed by atoms with E-state index >= 15 is 0 Å². The number of hydrogen-bond acceptors (Lipinski definition) is 3. The highest BCUT2D eigenvalue weighted by Gasteiger charge is 2.30. The summed E-state index contributed by atoms with van der Waals surface area (Å²) in [5.74, 6) is 0.166. The van der Waals surface area contributed by atoms with Crippen LogP contribution in [0.1, 0.15) is 25.3 Å². The van der Waals surface area contributed by atoms with Gasteiger partial charge in [0.15, 0.2) is 0 Å². The molecule has 1 aromatic rings. The van der Waals surface area contributed by atoms with E-state index in [4.69, 9.17) is 11.6 Å². The number of halogens is 2. The number of benzene rings is 1. The zero-order valence-electron chi connectivity index (χ0n) is 14.9. The molecule has 4 nitrogen and oxygen atoms in total. The summed E-state index contributed by atoms with van der Waals surface area (Å²) in [7, 11) is 0. The lowest BCUT2D eigenvalue weighted by Crippen LogP contribution is -2.51. The van der Waals surface area contributed by atoms with E-state index in [9.17, 15) is 9.18 Å². The van der Waals surface area contributed by atoms with Crippen molar-refractivity contribution in [2.75, 3.05) is 45.8 Å². The molecule has 0 bridgehead atoms. The minimum absolute atomic E-state index is 0.112. The molecule has 25 heavy (non-hydrogen) atoms. The van der Waals surface area contributed by atoms with Crippen LogP contribution in [0.5, 0.6) is 0 Å². The fourth-order valence-electron chi connectivity index (χ4n) is 3.79. The molecule has 1 amide bonds. The van der Waals surface area contributed by atoms with Crippen LogP contribution in [0.4, 0.5) is 4.39 Å². The molecule has 2 saturated heterocycles. The van der Waals surface area contributed by atoms with Gasteiger partial charge < -0.3 is 9.80 Å². The number of amides is 1. The maximum atomic E-state index is 13.9. The zero-order valence-corrected chi connectivity index (χ0v) is 15.6. The fourth-order valence-corrected chi connectivity index (χ4v) is 4.01. The Morgan fingerprint density at radius 2 is 1.80 bits per heavy atom. The summed E-state index contributed by atoms with van der Waals surface area (Å²) in [6, 6.07) is 4.81. The van der Waals surface area contributed by atoms with Crippen molar-refractivity contribution < 1.29 is 9.18 Å². The summed E-state index contributed by atoms with van der Waals surface area (Å²) in [4.78, 5) is 19.3. The number of piperazine rings is 1. The minimum Gasteiger partial charge on any atom is -0.340 e. The smallest absolute Gasteiger partial charge is 0.225 e. The standard InChI is InChI=1S/C19H27ClFN3O/c1-2-22-10-12-24(13-11-22)19(25)15-6-8-23(9-7-15)14-16-17(20)4-3-5-18(16)21/h3-5,15H,2,6-14H2,1H3. The molecule has 0 aliphatic carbocycles. The number of likely N-dealkylation sites (N-methyl/N-ethyl adjacent to an activating group) is 1. The first-order chi connectivity index (χ1) is 12.1. The fraction of sp³-hybridized carbons (Fsp3) is 0.632. The average molecular weight is 368 g/mol. The largest absolute Gasteiger partial charge is 0.340 e. The summed E-state index contributed by atoms with van der Waals surface area (Å²) in [5.41, 5.74) is 0.560. The van der Waals surface area contributed by atoms with Gasteiger partial charge in [0.25, 0.3) is 0 Å². The van der Waals surface area contributed by atoms with Gasteiger partial charge in [-0.1, -0.05) is 24.6 Å². The second kappa shape index (κ2) is 8.47. The number of hydrogen-bond donors (Lipinski definition) is 0. The SMILES string of the molecule is CCN1CCN(C(=O)C2CCN(Cc3c(F)cccc3Cl)CC2)CC1. The van der Waals surface area contributed by atoms with Gasteiger partial charge in [-0.3, -0.25) is 9.69 Å². The van der Waals surface area contributed by atoms with E-state index in [0.29, 0.717) is 23.0 Å². The zero-order chi connectivity index (χ0) is 17.8. The van der Waals surface area contributed by atoms with Crippen LogP contribution >= 0.6 is 11.6 Å². The summed E-state index contributed by atoms with van der Waals surface area (Å²) in [6.07, 6.45) is 1.69. The number of likely N-dealkylation sites (tertiary alicyclic amines) is 1. The van der Waals surface area contributed by atoms with E-state index in [0.717, 1.165) is 58.7 Å². The lowest BCUT2D eigenvalue weighted by Gasteiger charge is -2.38. The van der Waals surface area contributed by atoms with Crippen LogP contribution < -0.4 is 0 Å². The van der Waals surface area contributed by atoms with Crippen molar-refractivity contribution in [1.29, 1.82) is 0 Å². The summed E-state index contributed by atoms with van der Waals surface area (Å²) in [5, 5.41) is 0.479. The molecule has 0 atom stereocenters. The molecule has 0 aromatic heterocycles. The maximum absolute atomic E-state index is 13.9. The van der Waals surface area contributed by atoms with Crippen molar-refractivity contribution in [2.24, 2.45) is 5.92 Å². The van der Waals surface area contributed by atoms with Gasteiger partial charge in [-0.15, -0.1) is 0 Å². The van der Waals surface area contributed by atoms with E-state index in [2.05, 4.69) is 16.7 Å². The van der Waals surface area contributed by atoms with Crippen LogP contribution in [-0.2, 0) is 11.3 Å². The van der Waals surface area contributed by atoms with Gasteiger partial charge in [-0.2, -0.15) is 0 Å². The van der Waals surface area contributed by atoms with Gasteiger partial charge in [-0.25, -0.2) is 4.39 Å². The number of carbonyl (C=O) groups excluding carboxylic acids is 1. The molecule has 0 spiro atoms. The van der Waals surface area contributed by atoms with Crippen molar-refractivity contribution >= 4 is 17.5 Å². The summed E-state index contributed by atoms with van der Waals surface area (Å²) < 4.78 is 13.9. The van der Waals surface area contributed by atoms with Gasteiger partial charge in [0.1, 0.15) is 5.82 Å². The molecule has 138 valence electrons. The molecule has 2 heterocycles. The summed E-state index contributed by atoms with van der Waals surface area (Å²) >= 11 is 6.12. The van der Waals surface area contributed by atoms with Crippen molar-refractivity contribution in [3.05, 3.63) is 34.6 Å². The third kappa shape index (κ3) is 4.52. The normalized spacial score (nSPS) is 20.8. The van der Waals surface area contributed by atoms with Gasteiger partial charge >= 0.3 is 0 Å². The van der Waals surface area contributed by atoms with E-state index in [1.54, 1.807) is 12.1 Å². The Morgan fingerprint density at radius 1 is 1.12 bits per heavy atom. The monoisotopic (exact) mass is 367 g/mol. The molecule has 0 saturated carbocycles. The Bertz CT molecular complexity index is 576. The minimum atomic E-state index is -0.250. The molecule has 2 fully saturated rings. The molecule has 2 aliphatic rings. The third-order valence-corrected chi connectivity index (χ3v) is 5.87. The topological polar surface area (TPSA) is 26.8 Å². The van der Waals surface area contributed by atoms with Gasteiger partial charge in [-0.05, 0) is 44.6 Å². The first kappa shape index (κ1) is 18.6. The molecule has 0 unspecified atom stereocenters. The van der Waals surface area contributed by atoms with Gasteiger partial charge in [0, 0.05) is 49.2 Å². The second-order valence-electron chi connectivity index (χ2n) is 7.01. The second-order valence-corrected chi connectivity index (χ2v) is 7.42. The Labute approximate surface area is 154 Å². The molecule has 6 heteroatoms. The van der Waals surface area contributed by atoms with E-state index in [1.807, 2.05) is 4.90 Å². The van der Waals surface area contributed by atoms with E-state index in [1.165, 1.54) is 6.07 Å². The first-order valence-corrected chi connectivity index (χ1v) is 9.62. The summed E-state index contributed by atoms with van der Waals surface area (Å²) in [6.45, 7) is 9.01. The predicted molar refractivity (Wildman–Crippen MR) is 98.1 cm³/mol. The molecule has 3 rings (SSSR count). The van der Waals surface area contributed by atoms with Gasteiger partial charge in [0.05, 0.1) is 0 Å². The Kier molecular flexibility index (Phi) is 6.31. The number of carbonyl (C=O) groups is 1. The van der Waals surface area contributed by atoms with Crippen LogP contribution in [0.2, 0.25) is 5.02 Å². The van der Waals surface area contributed by atoms with Crippen molar-refractivity contribution in [3.8, 4) is 0 Å². The highest BCUT2D eigenvalue weighted by atomic mass is 35.5. The van der Waals surface area contributed by atoms with Gasteiger partial charge in [0.2, 0.25) is 5.91 Å². The molecule has 1 aromatic carbocycles. The average Bonchev–Trinajstić information content (AvgIpc) is 2.65. The molecule has 0 N–H and O–H groups in total. The predicted octanol–water partition coefficient (Wildman–Crippen LogP) is 2.86. The number of rotatable bonds is 4. The highest BCUT2D eigenvalue weighted by Crippen LogP contribution is 2.25. The first-order valence-electron chi connectivity index (χ1n) is 9.25. The van der Waals surface area contributed by atoms with Crippen LogP contribution in [0, 0.1) is 11.7 Å². The van der Waals surface area contributed by atoms with Crippen molar-refractivity contribution in [2.45, 2.75) is 26.3 Å². The number of piperidine rings is 1. The molecular weight excluding hydrogens is 341 g/mol. The van der Waals surface area contributed by atoms with Crippen molar-refractivity contribution in [3.63, 3.8) is 0 Å². The lowest BCUT2D eigenvalue weighted by molar-refractivity contribution is -0.138. The van der Waals surface area contributed by atoms with Crippen LogP contribution in [0.15, 0.2) is 18.2 Å². The molecular formula is C19H27ClFN3O. The van der Waals surface area contributed by atoms with E-state index < -0.39 is 0 Å². The van der Waals surface area contributed by atoms with Crippen molar-refractivity contribution in [1.82, 2.24) is 14.7 Å². The lowest BCUT2D eigenvalue weighted by atomic mass is 9.94. The molecule has 0 radical (unpaired) electrons. The van der Waals surface area contributed by atoms with Crippen LogP contribution in [0.25, 0.3) is 0 Å². The third-order valence-electron chi connectivity index (χ3n) is 5.51. The number of nitrogens with zero attached hydrogens (tertiary/aromatic N) is 3.